The van der Waals surface area contributed by atoms with Crippen LogP contribution >= 0.6 is 0 Å². The third-order valence-corrected chi connectivity index (χ3v) is 7.50. The van der Waals surface area contributed by atoms with Crippen molar-refractivity contribution in [3.05, 3.63) is 29.8 Å². The van der Waals surface area contributed by atoms with E-state index in [4.69, 9.17) is 10.5 Å². The first-order valence-corrected chi connectivity index (χ1v) is 13.4. The molecule has 0 fully saturated rings. The Morgan fingerprint density at radius 2 is 1.46 bits per heavy atom. The first kappa shape index (κ1) is 23.3. The number of para-hydroxylation sites is 1. The Balaban J connectivity index is 1.84. The molecule has 0 aliphatic rings. The predicted octanol–water partition coefficient (Wildman–Crippen LogP) is 2.83. The van der Waals surface area contributed by atoms with Crippen LogP contribution in [0.25, 0.3) is 0 Å². The van der Waals surface area contributed by atoms with Crippen molar-refractivity contribution in [3.8, 4) is 0 Å². The summed E-state index contributed by atoms with van der Waals surface area (Å²) in [6.45, 7) is 2.79. The molecule has 0 radical (unpaired) electrons. The first-order valence-electron chi connectivity index (χ1n) is 10.3. The van der Waals surface area contributed by atoms with E-state index in [1.165, 1.54) is 73.1 Å². The molecular weight excluding hydrogens is 437 g/mol. The number of esters is 1. The second kappa shape index (κ2) is 16.4. The molecule has 0 atom stereocenters. The number of benzene rings is 1. The minimum absolute atomic E-state index is 0.278. The summed E-state index contributed by atoms with van der Waals surface area (Å²) in [5.74, 6) is -0.295. The maximum atomic E-state index is 11.9. The Labute approximate surface area is 170 Å². The Kier molecular flexibility index (Phi) is 14.7. The van der Waals surface area contributed by atoms with Crippen molar-refractivity contribution >= 4 is 11.7 Å². The van der Waals surface area contributed by atoms with Crippen LogP contribution in [0.15, 0.2) is 24.3 Å². The molecule has 0 saturated heterocycles. The molecule has 0 bridgehead atoms. The summed E-state index contributed by atoms with van der Waals surface area (Å²) < 4.78 is 7.97. The average molecular weight is 474 g/mol. The molecule has 150 valence electrons. The summed E-state index contributed by atoms with van der Waals surface area (Å²) in [7, 11) is 0. The molecule has 1 aromatic carbocycles. The van der Waals surface area contributed by atoms with Gasteiger partial charge in [0.2, 0.25) is 0 Å². The number of halogens is 1. The van der Waals surface area contributed by atoms with E-state index in [1.54, 1.807) is 12.1 Å². The molecule has 26 heavy (non-hydrogen) atoms. The van der Waals surface area contributed by atoms with Gasteiger partial charge in [-0.2, -0.15) is 0 Å². The van der Waals surface area contributed by atoms with Gasteiger partial charge in [-0.1, -0.05) is 0 Å². The van der Waals surface area contributed by atoms with Crippen LogP contribution in [-0.4, -0.2) is 21.4 Å². The van der Waals surface area contributed by atoms with Crippen LogP contribution in [0.3, 0.4) is 0 Å². The van der Waals surface area contributed by atoms with Gasteiger partial charge < -0.3 is 0 Å². The first-order chi connectivity index (χ1) is 12.8. The summed E-state index contributed by atoms with van der Waals surface area (Å²) >= 11 is 0.278. The number of anilines is 1. The predicted molar refractivity (Wildman–Crippen MR) is 107 cm³/mol. The topological polar surface area (TPSA) is 52.3 Å². The fourth-order valence-corrected chi connectivity index (χ4v) is 5.31. The molecule has 0 amide bonds. The van der Waals surface area contributed by atoms with Crippen LogP contribution in [0.5, 0.6) is 0 Å². The van der Waals surface area contributed by atoms with Gasteiger partial charge in [-0.25, -0.2) is 0 Å². The zero-order valence-corrected chi connectivity index (χ0v) is 18.6. The number of carbonyl (C=O) groups is 1. The molecule has 0 heterocycles. The van der Waals surface area contributed by atoms with Crippen molar-refractivity contribution in [2.45, 2.75) is 77.6 Å². The van der Waals surface area contributed by atoms with Gasteiger partial charge >= 0.3 is 171 Å². The Hall–Kier alpha value is -0.780. The fourth-order valence-electron chi connectivity index (χ4n) is 2.85. The normalized spacial score (nSPS) is 11.0. The van der Waals surface area contributed by atoms with E-state index in [9.17, 15) is 4.79 Å². The van der Waals surface area contributed by atoms with Gasteiger partial charge in [0.15, 0.2) is 0 Å². The van der Waals surface area contributed by atoms with Crippen LogP contribution in [0.1, 0.15) is 87.9 Å². The molecule has 0 aliphatic heterocycles. The number of hydrogen-bond acceptors (Lipinski definition) is 3. The third kappa shape index (κ3) is 11.8. The summed E-state index contributed by atoms with van der Waals surface area (Å²) in [5, 5.41) is 0. The van der Waals surface area contributed by atoms with E-state index in [0.29, 0.717) is 17.9 Å². The van der Waals surface area contributed by atoms with Crippen LogP contribution in [-0.2, 0) is 4.74 Å². The summed E-state index contributed by atoms with van der Waals surface area (Å²) in [4.78, 5) is 11.9. The van der Waals surface area contributed by atoms with Crippen LogP contribution in [0, 0.1) is 0 Å². The zero-order chi connectivity index (χ0) is 18.9. The Bertz CT molecular complexity index is 479. The fraction of sp³-hybridized carbons (Fsp3) is 0.682. The molecule has 4 heteroatoms. The molecule has 2 N–H and O–H groups in total. The van der Waals surface area contributed by atoms with Crippen molar-refractivity contribution in [1.29, 1.82) is 0 Å². The molecular formula is C22H37INO2-. The third-order valence-electron chi connectivity index (χ3n) is 4.45. The number of nitrogens with two attached hydrogens (primary N) is 1. The van der Waals surface area contributed by atoms with E-state index < -0.39 is 0 Å². The number of unbranched alkanes of at least 4 members (excludes halogenated alkanes) is 9. The number of hydrogen-bond donors (Lipinski definition) is 1. The van der Waals surface area contributed by atoms with E-state index in [2.05, 4.69) is 6.92 Å². The SMILES string of the molecule is CCCCCCCCCCCC[I-]CCCOC(=O)c1ccccc1N. The van der Waals surface area contributed by atoms with Crippen LogP contribution < -0.4 is 26.9 Å². The molecule has 1 aromatic rings. The number of alkyl halides is 2. The van der Waals surface area contributed by atoms with E-state index in [-0.39, 0.29) is 27.2 Å². The van der Waals surface area contributed by atoms with Gasteiger partial charge in [-0.15, -0.1) is 0 Å². The van der Waals surface area contributed by atoms with Crippen molar-refractivity contribution in [1.82, 2.24) is 0 Å². The van der Waals surface area contributed by atoms with Gasteiger partial charge in [0.25, 0.3) is 0 Å². The average Bonchev–Trinajstić information content (AvgIpc) is 2.65. The Morgan fingerprint density at radius 1 is 0.885 bits per heavy atom. The van der Waals surface area contributed by atoms with Crippen LogP contribution in [0.2, 0.25) is 0 Å². The number of nitrogen functional groups attached to an aromatic ring is 1. The van der Waals surface area contributed by atoms with Gasteiger partial charge in [0.1, 0.15) is 0 Å². The summed E-state index contributed by atoms with van der Waals surface area (Å²) in [6.07, 6.45) is 15.1. The maximum absolute atomic E-state index is 11.9. The molecule has 3 nitrogen and oxygen atoms in total. The molecule has 1 rings (SSSR count). The molecule has 0 aliphatic carbocycles. The van der Waals surface area contributed by atoms with Gasteiger partial charge in [0.05, 0.1) is 0 Å². The molecule has 0 saturated carbocycles. The van der Waals surface area contributed by atoms with Crippen molar-refractivity contribution < 1.29 is 30.7 Å². The number of carbonyl (C=O) groups excluding carboxylic acids is 1. The quantitative estimate of drug-likeness (QED) is 0.132. The van der Waals surface area contributed by atoms with Crippen molar-refractivity contribution in [2.24, 2.45) is 0 Å². The van der Waals surface area contributed by atoms with Gasteiger partial charge in [0, 0.05) is 0 Å². The molecule has 0 unspecified atom stereocenters. The Morgan fingerprint density at radius 3 is 2.12 bits per heavy atom. The van der Waals surface area contributed by atoms with Crippen molar-refractivity contribution in [3.63, 3.8) is 0 Å². The molecule has 0 spiro atoms. The van der Waals surface area contributed by atoms with Gasteiger partial charge in [-0.05, 0) is 0 Å². The number of ether oxygens (including phenoxy) is 1. The van der Waals surface area contributed by atoms with E-state index in [0.717, 1.165) is 6.42 Å². The van der Waals surface area contributed by atoms with E-state index >= 15 is 0 Å². The molecule has 0 aromatic heterocycles. The van der Waals surface area contributed by atoms with Crippen molar-refractivity contribution in [2.75, 3.05) is 21.2 Å². The van der Waals surface area contributed by atoms with Gasteiger partial charge in [-0.3, -0.25) is 0 Å². The summed E-state index contributed by atoms with van der Waals surface area (Å²) in [5.41, 5.74) is 6.75. The monoisotopic (exact) mass is 474 g/mol. The second-order valence-corrected chi connectivity index (χ2v) is 10.1. The standard InChI is InChI=1S/C22H37INO2/c1-2-3-4-5-6-7-8-9-10-13-17-23-18-14-19-26-22(25)20-15-11-12-16-21(20)24/h11-12,15-16H,2-10,13-14,17-19,24H2,1H3/q-1. The minimum atomic E-state index is -0.295. The zero-order valence-electron chi connectivity index (χ0n) is 16.5. The van der Waals surface area contributed by atoms with E-state index in [1.807, 2.05) is 12.1 Å². The summed E-state index contributed by atoms with van der Waals surface area (Å²) in [6, 6.07) is 7.08. The number of rotatable bonds is 16. The van der Waals surface area contributed by atoms with Crippen LogP contribution in [0.4, 0.5) is 5.69 Å². The second-order valence-electron chi connectivity index (χ2n) is 6.83.